The van der Waals surface area contributed by atoms with Crippen LogP contribution in [0.15, 0.2) is 18.2 Å². The summed E-state index contributed by atoms with van der Waals surface area (Å²) in [4.78, 5) is 33.9. The average molecular weight is 442 g/mol. The minimum Gasteiger partial charge on any atom is -0.466 e. The second-order valence-corrected chi connectivity index (χ2v) is 7.68. The Labute approximate surface area is 183 Å². The molecular weight excluding hydrogens is 410 g/mol. The maximum Gasteiger partial charge on any atom is 0.306 e. The lowest BCUT2D eigenvalue weighted by molar-refractivity contribution is -0.385. The number of nitro groups is 1. The molecule has 0 heterocycles. The molecule has 0 atom stereocenters. The van der Waals surface area contributed by atoms with Crippen molar-refractivity contribution < 1.29 is 24.0 Å². The van der Waals surface area contributed by atoms with Gasteiger partial charge in [-0.3, -0.25) is 19.7 Å². The molecule has 0 N–H and O–H groups in total. The molecule has 0 unspecified atom stereocenters. The minimum absolute atomic E-state index is 0.0705. The number of halogens is 1. The molecule has 0 aliphatic carbocycles. The van der Waals surface area contributed by atoms with Gasteiger partial charge in [-0.05, 0) is 18.6 Å². The molecule has 1 aromatic carbocycles. The summed E-state index contributed by atoms with van der Waals surface area (Å²) in [5.41, 5.74) is 0.0290. The van der Waals surface area contributed by atoms with Crippen molar-refractivity contribution in [2.75, 3.05) is 6.61 Å². The first-order valence-corrected chi connectivity index (χ1v) is 11.1. The molecular formula is C22H32ClNO6. The van der Waals surface area contributed by atoms with Crippen LogP contribution >= 0.6 is 11.6 Å². The minimum atomic E-state index is -0.612. The van der Waals surface area contributed by atoms with Gasteiger partial charge < -0.3 is 9.47 Å². The van der Waals surface area contributed by atoms with Gasteiger partial charge in [-0.2, -0.15) is 0 Å². The molecule has 0 aromatic heterocycles. The van der Waals surface area contributed by atoms with Crippen LogP contribution in [-0.2, 0) is 25.7 Å². The van der Waals surface area contributed by atoms with Crippen LogP contribution in [0.3, 0.4) is 0 Å². The third-order valence-corrected chi connectivity index (χ3v) is 4.91. The largest absolute Gasteiger partial charge is 0.466 e. The maximum absolute atomic E-state index is 11.8. The number of carbonyl (C=O) groups is 2. The van der Waals surface area contributed by atoms with E-state index in [9.17, 15) is 19.7 Å². The first-order valence-electron chi connectivity index (χ1n) is 10.7. The summed E-state index contributed by atoms with van der Waals surface area (Å²) < 4.78 is 10.1. The molecule has 0 bridgehead atoms. The summed E-state index contributed by atoms with van der Waals surface area (Å²) in [5, 5.41) is 11.2. The van der Waals surface area contributed by atoms with Crippen LogP contribution in [0, 0.1) is 10.1 Å². The number of rotatable bonds is 16. The van der Waals surface area contributed by atoms with Gasteiger partial charge >= 0.3 is 11.9 Å². The molecule has 0 aliphatic heterocycles. The van der Waals surface area contributed by atoms with Crippen LogP contribution in [0.4, 0.5) is 5.69 Å². The van der Waals surface area contributed by atoms with E-state index in [2.05, 4.69) is 6.92 Å². The SMILES string of the molecule is CCCCCCCCCCCOC(=O)CCC(=O)OCc1ccc(Cl)cc1[N+](=O)[O-]. The highest BCUT2D eigenvalue weighted by Crippen LogP contribution is 2.24. The summed E-state index contributed by atoms with van der Waals surface area (Å²) >= 11 is 5.74. The normalized spacial score (nSPS) is 10.6. The summed E-state index contributed by atoms with van der Waals surface area (Å²) in [6.07, 6.45) is 10.5. The Balaban J connectivity index is 2.10. The summed E-state index contributed by atoms with van der Waals surface area (Å²) in [7, 11) is 0. The van der Waals surface area contributed by atoms with Crippen LogP contribution in [0.2, 0.25) is 5.02 Å². The predicted molar refractivity (Wildman–Crippen MR) is 115 cm³/mol. The van der Waals surface area contributed by atoms with E-state index in [0.717, 1.165) is 19.3 Å². The van der Waals surface area contributed by atoms with E-state index in [1.54, 1.807) is 0 Å². The molecule has 0 spiro atoms. The van der Waals surface area contributed by atoms with Crippen molar-refractivity contribution in [3.05, 3.63) is 38.9 Å². The van der Waals surface area contributed by atoms with E-state index < -0.39 is 16.9 Å². The van der Waals surface area contributed by atoms with Crippen molar-refractivity contribution in [1.82, 2.24) is 0 Å². The first-order chi connectivity index (χ1) is 14.4. The van der Waals surface area contributed by atoms with Crippen molar-refractivity contribution >= 4 is 29.2 Å². The number of benzene rings is 1. The molecule has 0 amide bonds. The lowest BCUT2D eigenvalue weighted by atomic mass is 10.1. The number of carbonyl (C=O) groups excluding carboxylic acids is 2. The van der Waals surface area contributed by atoms with Crippen LogP contribution < -0.4 is 0 Å². The smallest absolute Gasteiger partial charge is 0.306 e. The number of esters is 2. The van der Waals surface area contributed by atoms with Gasteiger partial charge in [0, 0.05) is 11.1 Å². The van der Waals surface area contributed by atoms with E-state index in [1.807, 2.05) is 0 Å². The molecule has 1 rings (SSSR count). The third kappa shape index (κ3) is 11.8. The lowest BCUT2D eigenvalue weighted by Crippen LogP contribution is -2.11. The molecule has 1 aromatic rings. The van der Waals surface area contributed by atoms with Gasteiger partial charge in [0.15, 0.2) is 0 Å². The van der Waals surface area contributed by atoms with Gasteiger partial charge in [-0.25, -0.2) is 0 Å². The average Bonchev–Trinajstić information content (AvgIpc) is 2.72. The lowest BCUT2D eigenvalue weighted by Gasteiger charge is -2.07. The quantitative estimate of drug-likeness (QED) is 0.132. The Kier molecular flexibility index (Phi) is 13.5. The fraction of sp³-hybridized carbons (Fsp3) is 0.636. The second kappa shape index (κ2) is 15.7. The zero-order valence-corrected chi connectivity index (χ0v) is 18.5. The number of hydrogen-bond acceptors (Lipinski definition) is 6. The summed E-state index contributed by atoms with van der Waals surface area (Å²) in [6.45, 7) is 2.32. The zero-order valence-electron chi connectivity index (χ0n) is 17.7. The van der Waals surface area contributed by atoms with Crippen molar-refractivity contribution in [3.63, 3.8) is 0 Å². The number of nitrogens with zero attached hydrogens (tertiary/aromatic N) is 1. The van der Waals surface area contributed by atoms with Crippen molar-refractivity contribution in [1.29, 1.82) is 0 Å². The Morgan fingerprint density at radius 3 is 2.10 bits per heavy atom. The van der Waals surface area contributed by atoms with Gasteiger partial charge in [0.1, 0.15) is 6.61 Å². The summed E-state index contributed by atoms with van der Waals surface area (Å²) in [6, 6.07) is 4.13. The Morgan fingerprint density at radius 1 is 0.933 bits per heavy atom. The first kappa shape index (κ1) is 25.9. The van der Waals surface area contributed by atoms with Gasteiger partial charge in [0.25, 0.3) is 5.69 Å². The van der Waals surface area contributed by atoms with Gasteiger partial charge in [-0.1, -0.05) is 69.9 Å². The van der Waals surface area contributed by atoms with Crippen LogP contribution in [0.1, 0.15) is 83.1 Å². The van der Waals surface area contributed by atoms with Crippen LogP contribution in [0.5, 0.6) is 0 Å². The number of nitro benzene ring substituents is 1. The van der Waals surface area contributed by atoms with Gasteiger partial charge in [0.05, 0.1) is 29.9 Å². The number of unbranched alkanes of at least 4 members (excludes halogenated alkanes) is 8. The predicted octanol–water partition coefficient (Wildman–Crippen LogP) is 6.15. The number of hydrogen-bond donors (Lipinski definition) is 0. The molecule has 168 valence electrons. The van der Waals surface area contributed by atoms with Crippen LogP contribution in [0.25, 0.3) is 0 Å². The molecule has 0 saturated carbocycles. The standard InChI is InChI=1S/C22H32ClNO6/c1-2-3-4-5-6-7-8-9-10-15-29-21(25)13-14-22(26)30-17-18-11-12-19(23)16-20(18)24(27)28/h11-12,16H,2-10,13-15,17H2,1H3. The van der Waals surface area contributed by atoms with Crippen molar-refractivity contribution in [3.8, 4) is 0 Å². The second-order valence-electron chi connectivity index (χ2n) is 7.24. The Morgan fingerprint density at radius 2 is 1.50 bits per heavy atom. The van der Waals surface area contributed by atoms with E-state index >= 15 is 0 Å². The molecule has 0 fully saturated rings. The molecule has 8 heteroatoms. The highest BCUT2D eigenvalue weighted by Gasteiger charge is 2.16. The molecule has 0 saturated heterocycles. The van der Waals surface area contributed by atoms with E-state index in [4.69, 9.17) is 21.1 Å². The molecule has 0 aliphatic rings. The highest BCUT2D eigenvalue weighted by atomic mass is 35.5. The molecule has 7 nitrogen and oxygen atoms in total. The van der Waals surface area contributed by atoms with Crippen LogP contribution in [-0.4, -0.2) is 23.5 Å². The molecule has 0 radical (unpaired) electrons. The van der Waals surface area contributed by atoms with Crippen molar-refractivity contribution in [2.45, 2.75) is 84.2 Å². The molecule has 30 heavy (non-hydrogen) atoms. The Bertz CT molecular complexity index is 680. The zero-order chi connectivity index (χ0) is 22.2. The Hall–Kier alpha value is -2.15. The number of ether oxygens (including phenoxy) is 2. The highest BCUT2D eigenvalue weighted by molar-refractivity contribution is 6.30. The monoisotopic (exact) mass is 441 g/mol. The topological polar surface area (TPSA) is 95.7 Å². The van der Waals surface area contributed by atoms with E-state index in [-0.39, 0.29) is 35.7 Å². The van der Waals surface area contributed by atoms with Gasteiger partial charge in [-0.15, -0.1) is 0 Å². The maximum atomic E-state index is 11.8. The van der Waals surface area contributed by atoms with Crippen molar-refractivity contribution in [2.24, 2.45) is 0 Å². The fourth-order valence-electron chi connectivity index (χ4n) is 2.93. The fourth-order valence-corrected chi connectivity index (χ4v) is 3.10. The summed E-state index contributed by atoms with van der Waals surface area (Å²) in [5.74, 6) is -1.05. The van der Waals surface area contributed by atoms with Gasteiger partial charge in [0.2, 0.25) is 0 Å². The van der Waals surface area contributed by atoms with E-state index in [1.165, 1.54) is 56.7 Å². The third-order valence-electron chi connectivity index (χ3n) is 4.68. The van der Waals surface area contributed by atoms with E-state index in [0.29, 0.717) is 6.61 Å².